The largest absolute Gasteiger partial charge is 0.375 e. The van der Waals surface area contributed by atoms with Crippen LogP contribution in [0.3, 0.4) is 0 Å². The number of sulfone groups is 1. The van der Waals surface area contributed by atoms with Gasteiger partial charge in [0.1, 0.15) is 5.69 Å². The van der Waals surface area contributed by atoms with Gasteiger partial charge in [0.15, 0.2) is 16.1 Å². The molecule has 8 heteroatoms. The van der Waals surface area contributed by atoms with Crippen molar-refractivity contribution in [1.29, 1.82) is 0 Å². The standard InChI is InChI=1S/C23H23N3O4S/c1-15-2-7-19-22(10-15)31(28,29)14-20-21(13-27)25-26(23(19)20)17-5-3-16(4-6-17)11-18-12-24-8-9-30-18/h2-7,10,13,18,24H,8-9,11-12,14H2,1H3. The number of rotatable bonds is 4. The van der Waals surface area contributed by atoms with Gasteiger partial charge in [0.05, 0.1) is 34.7 Å². The van der Waals surface area contributed by atoms with E-state index in [0.29, 0.717) is 23.1 Å². The van der Waals surface area contributed by atoms with E-state index in [1.165, 1.54) is 0 Å². The smallest absolute Gasteiger partial charge is 0.183 e. The first-order valence-electron chi connectivity index (χ1n) is 10.3. The second-order valence-corrected chi connectivity index (χ2v) is 10.0. The third-order valence-electron chi connectivity index (χ3n) is 5.84. The molecule has 0 amide bonds. The first kappa shape index (κ1) is 20.1. The summed E-state index contributed by atoms with van der Waals surface area (Å²) in [7, 11) is -3.53. The molecular formula is C23H23N3O4S. The molecule has 3 aromatic rings. The van der Waals surface area contributed by atoms with E-state index in [9.17, 15) is 13.2 Å². The number of fused-ring (bicyclic) bond motifs is 3. The van der Waals surface area contributed by atoms with Gasteiger partial charge in [-0.2, -0.15) is 5.10 Å². The first-order chi connectivity index (χ1) is 15.0. The Bertz CT molecular complexity index is 1260. The number of nitrogens with one attached hydrogen (secondary N) is 1. The van der Waals surface area contributed by atoms with E-state index in [1.54, 1.807) is 16.8 Å². The van der Waals surface area contributed by atoms with Crippen LogP contribution in [0.15, 0.2) is 47.4 Å². The molecule has 7 nitrogen and oxygen atoms in total. The Morgan fingerprint density at radius 1 is 1.23 bits per heavy atom. The van der Waals surface area contributed by atoms with Crippen molar-refractivity contribution < 1.29 is 17.9 Å². The molecule has 160 valence electrons. The van der Waals surface area contributed by atoms with Crippen LogP contribution in [0.25, 0.3) is 16.9 Å². The van der Waals surface area contributed by atoms with Gasteiger partial charge < -0.3 is 10.1 Å². The predicted octanol–water partition coefficient (Wildman–Crippen LogP) is 2.48. The summed E-state index contributed by atoms with van der Waals surface area (Å²) in [5.41, 5.74) is 4.66. The molecule has 5 rings (SSSR count). The molecule has 1 saturated heterocycles. The van der Waals surface area contributed by atoms with Gasteiger partial charge in [0.25, 0.3) is 0 Å². The fourth-order valence-electron chi connectivity index (χ4n) is 4.30. The topological polar surface area (TPSA) is 90.3 Å². The average molecular weight is 438 g/mol. The summed E-state index contributed by atoms with van der Waals surface area (Å²) < 4.78 is 33.2. The minimum absolute atomic E-state index is 0.152. The molecule has 2 aromatic carbocycles. The molecule has 0 radical (unpaired) electrons. The van der Waals surface area contributed by atoms with Crippen molar-refractivity contribution in [2.45, 2.75) is 30.1 Å². The van der Waals surface area contributed by atoms with Gasteiger partial charge in [0.2, 0.25) is 0 Å². The third kappa shape index (κ3) is 3.60. The van der Waals surface area contributed by atoms with Crippen molar-refractivity contribution in [2.75, 3.05) is 19.7 Å². The molecule has 1 N–H and O–H groups in total. The maximum absolute atomic E-state index is 12.9. The van der Waals surface area contributed by atoms with E-state index in [4.69, 9.17) is 4.74 Å². The summed E-state index contributed by atoms with van der Waals surface area (Å²) in [6.07, 6.45) is 1.59. The van der Waals surface area contributed by atoms with Gasteiger partial charge in [0, 0.05) is 24.2 Å². The van der Waals surface area contributed by atoms with Crippen LogP contribution >= 0.6 is 0 Å². The van der Waals surface area contributed by atoms with Gasteiger partial charge >= 0.3 is 0 Å². The second kappa shape index (κ2) is 7.71. The van der Waals surface area contributed by atoms with Crippen LogP contribution in [0.5, 0.6) is 0 Å². The molecule has 3 heterocycles. The van der Waals surface area contributed by atoms with Crippen LogP contribution in [0.2, 0.25) is 0 Å². The lowest BCUT2D eigenvalue weighted by Gasteiger charge is -2.23. The SMILES string of the molecule is Cc1ccc2c(c1)S(=O)(=O)Cc1c(C=O)nn(-c3ccc(CC4CNCCO4)cc3)c1-2. The highest BCUT2D eigenvalue weighted by Gasteiger charge is 2.34. The Hall–Kier alpha value is -2.81. The van der Waals surface area contributed by atoms with E-state index in [0.717, 1.165) is 42.9 Å². The molecule has 0 aliphatic carbocycles. The van der Waals surface area contributed by atoms with E-state index < -0.39 is 9.84 Å². The maximum Gasteiger partial charge on any atom is 0.183 e. The zero-order chi connectivity index (χ0) is 21.6. The van der Waals surface area contributed by atoms with Crippen molar-refractivity contribution in [3.63, 3.8) is 0 Å². The summed E-state index contributed by atoms with van der Waals surface area (Å²) in [6.45, 7) is 4.31. The summed E-state index contributed by atoms with van der Waals surface area (Å²) >= 11 is 0. The number of carbonyl (C=O) groups is 1. The van der Waals surface area contributed by atoms with Crippen LogP contribution < -0.4 is 5.32 Å². The summed E-state index contributed by atoms with van der Waals surface area (Å²) in [5.74, 6) is -0.225. The van der Waals surface area contributed by atoms with Crippen molar-refractivity contribution in [2.24, 2.45) is 0 Å². The molecule has 31 heavy (non-hydrogen) atoms. The molecular weight excluding hydrogens is 414 g/mol. The number of carbonyl (C=O) groups excluding carboxylic acids is 1. The fourth-order valence-corrected chi connectivity index (χ4v) is 5.99. The summed E-state index contributed by atoms with van der Waals surface area (Å²) in [6, 6.07) is 13.3. The Balaban J connectivity index is 1.57. The second-order valence-electron chi connectivity index (χ2n) is 8.07. The van der Waals surface area contributed by atoms with E-state index >= 15 is 0 Å². The number of benzene rings is 2. The van der Waals surface area contributed by atoms with Gasteiger partial charge in [-0.1, -0.05) is 24.3 Å². The van der Waals surface area contributed by atoms with Crippen molar-refractivity contribution in [1.82, 2.24) is 15.1 Å². The highest BCUT2D eigenvalue weighted by atomic mass is 32.2. The number of aldehydes is 1. The van der Waals surface area contributed by atoms with E-state index in [1.807, 2.05) is 37.3 Å². The molecule has 2 aliphatic heterocycles. The van der Waals surface area contributed by atoms with Gasteiger partial charge in [-0.15, -0.1) is 0 Å². The van der Waals surface area contributed by atoms with Crippen molar-refractivity contribution in [3.8, 4) is 16.9 Å². The monoisotopic (exact) mass is 437 g/mol. The van der Waals surface area contributed by atoms with E-state index in [2.05, 4.69) is 10.4 Å². The van der Waals surface area contributed by atoms with Crippen molar-refractivity contribution >= 4 is 16.1 Å². The Kier molecular flexibility index (Phi) is 5.00. The number of aromatic nitrogens is 2. The molecule has 1 aromatic heterocycles. The minimum Gasteiger partial charge on any atom is -0.375 e. The molecule has 0 bridgehead atoms. The molecule has 0 saturated carbocycles. The lowest BCUT2D eigenvalue weighted by atomic mass is 10.0. The molecule has 1 fully saturated rings. The number of ether oxygens (including phenoxy) is 1. The van der Waals surface area contributed by atoms with Crippen LogP contribution in [0, 0.1) is 6.92 Å². The first-order valence-corrected chi connectivity index (χ1v) is 11.9. The number of hydrogen-bond acceptors (Lipinski definition) is 6. The van der Waals surface area contributed by atoms with Crippen LogP contribution in [0.4, 0.5) is 0 Å². The molecule has 0 spiro atoms. The zero-order valence-corrected chi connectivity index (χ0v) is 18.0. The maximum atomic E-state index is 12.9. The molecule has 1 unspecified atom stereocenters. The lowest BCUT2D eigenvalue weighted by Crippen LogP contribution is -2.39. The molecule has 2 aliphatic rings. The third-order valence-corrected chi connectivity index (χ3v) is 7.51. The quantitative estimate of drug-likeness (QED) is 0.631. The minimum atomic E-state index is -3.53. The zero-order valence-electron chi connectivity index (χ0n) is 17.2. The normalized spacial score (nSPS) is 19.5. The number of morpholine rings is 1. The van der Waals surface area contributed by atoms with Gasteiger partial charge in [-0.25, -0.2) is 13.1 Å². The molecule has 1 atom stereocenters. The number of nitrogens with zero attached hydrogens (tertiary/aromatic N) is 2. The predicted molar refractivity (Wildman–Crippen MR) is 116 cm³/mol. The fraction of sp³-hybridized carbons (Fsp3) is 0.304. The number of aryl methyl sites for hydroxylation is 1. The average Bonchev–Trinajstić information content (AvgIpc) is 3.13. The van der Waals surface area contributed by atoms with Gasteiger partial charge in [-0.05, 0) is 42.7 Å². The Morgan fingerprint density at radius 3 is 2.74 bits per heavy atom. The van der Waals surface area contributed by atoms with Crippen molar-refractivity contribution in [3.05, 3.63) is 64.8 Å². The van der Waals surface area contributed by atoms with E-state index in [-0.39, 0.29) is 22.4 Å². The highest BCUT2D eigenvalue weighted by Crippen LogP contribution is 2.40. The Morgan fingerprint density at radius 2 is 2.03 bits per heavy atom. The summed E-state index contributed by atoms with van der Waals surface area (Å²) in [4.78, 5) is 12.0. The number of hydrogen-bond donors (Lipinski definition) is 1. The van der Waals surface area contributed by atoms with Crippen LogP contribution in [0.1, 0.15) is 27.2 Å². The van der Waals surface area contributed by atoms with Gasteiger partial charge in [-0.3, -0.25) is 4.79 Å². The Labute approximate surface area is 181 Å². The highest BCUT2D eigenvalue weighted by molar-refractivity contribution is 7.90. The summed E-state index contributed by atoms with van der Waals surface area (Å²) in [5, 5.41) is 7.80. The lowest BCUT2D eigenvalue weighted by molar-refractivity contribution is 0.0292. The van der Waals surface area contributed by atoms with Crippen LogP contribution in [-0.4, -0.2) is 50.3 Å². The van der Waals surface area contributed by atoms with Crippen LogP contribution in [-0.2, 0) is 26.7 Å².